The van der Waals surface area contributed by atoms with E-state index in [1.807, 2.05) is 30.3 Å². The van der Waals surface area contributed by atoms with E-state index in [0.29, 0.717) is 24.8 Å². The second-order valence-electron chi connectivity index (χ2n) is 7.38. The molecule has 0 saturated carbocycles. The van der Waals surface area contributed by atoms with E-state index in [1.165, 1.54) is 22.2 Å². The fourth-order valence-electron chi connectivity index (χ4n) is 4.46. The zero-order valence-electron chi connectivity index (χ0n) is 15.5. The molecule has 1 fully saturated rings. The van der Waals surface area contributed by atoms with Gasteiger partial charge in [0.2, 0.25) is 5.79 Å². The van der Waals surface area contributed by atoms with Crippen LogP contribution >= 0.6 is 23.2 Å². The van der Waals surface area contributed by atoms with Gasteiger partial charge in [0.1, 0.15) is 0 Å². The van der Waals surface area contributed by atoms with Gasteiger partial charge in [-0.2, -0.15) is 0 Å². The number of aromatic nitrogens is 1. The fourth-order valence-corrected chi connectivity index (χ4v) is 4.75. The van der Waals surface area contributed by atoms with E-state index >= 15 is 0 Å². The quantitative estimate of drug-likeness (QED) is 0.680. The SMILES string of the molecule is Clc1ccc(C2(Cn3c4c(c5cc(Cl)ccc53)CCNCC4)OCCO2)cc1. The predicted octanol–water partition coefficient (Wildman–Crippen LogP) is 4.54. The van der Waals surface area contributed by atoms with Crippen molar-refractivity contribution in [3.05, 3.63) is 69.3 Å². The molecule has 0 radical (unpaired) electrons. The molecule has 0 spiro atoms. The molecule has 2 aliphatic heterocycles. The number of hydrogen-bond acceptors (Lipinski definition) is 3. The third-order valence-electron chi connectivity index (χ3n) is 5.74. The molecule has 0 aliphatic carbocycles. The van der Waals surface area contributed by atoms with Crippen LogP contribution in [0.3, 0.4) is 0 Å². The van der Waals surface area contributed by atoms with E-state index in [-0.39, 0.29) is 0 Å². The topological polar surface area (TPSA) is 35.4 Å². The van der Waals surface area contributed by atoms with Gasteiger partial charge in [-0.1, -0.05) is 35.3 Å². The summed E-state index contributed by atoms with van der Waals surface area (Å²) in [6, 6.07) is 13.9. The molecule has 0 amide bonds. The molecule has 0 unspecified atom stereocenters. The molecule has 0 bridgehead atoms. The maximum atomic E-state index is 6.33. The van der Waals surface area contributed by atoms with Crippen molar-refractivity contribution in [2.45, 2.75) is 25.2 Å². The average Bonchev–Trinajstić information content (AvgIpc) is 3.18. The van der Waals surface area contributed by atoms with Gasteiger partial charge in [0.25, 0.3) is 0 Å². The van der Waals surface area contributed by atoms with Crippen LogP contribution in [0.1, 0.15) is 16.8 Å². The number of nitrogens with one attached hydrogen (secondary N) is 1. The first-order chi connectivity index (χ1) is 13.7. The van der Waals surface area contributed by atoms with Crippen LogP contribution in [0.25, 0.3) is 10.9 Å². The Hall–Kier alpha value is -1.56. The monoisotopic (exact) mass is 416 g/mol. The van der Waals surface area contributed by atoms with Crippen molar-refractivity contribution in [3.63, 3.8) is 0 Å². The molecule has 5 rings (SSSR count). The van der Waals surface area contributed by atoms with Gasteiger partial charge in [0, 0.05) is 45.2 Å². The van der Waals surface area contributed by atoms with E-state index < -0.39 is 5.79 Å². The van der Waals surface area contributed by atoms with Crippen molar-refractivity contribution < 1.29 is 9.47 Å². The van der Waals surface area contributed by atoms with Crippen molar-refractivity contribution in [1.29, 1.82) is 0 Å². The third kappa shape index (κ3) is 3.14. The van der Waals surface area contributed by atoms with Crippen molar-refractivity contribution >= 4 is 34.1 Å². The molecule has 6 heteroatoms. The molecule has 1 aromatic heterocycles. The maximum absolute atomic E-state index is 6.33. The van der Waals surface area contributed by atoms with Gasteiger partial charge in [-0.15, -0.1) is 0 Å². The summed E-state index contributed by atoms with van der Waals surface area (Å²) in [5.74, 6) is -0.802. The minimum atomic E-state index is -0.802. The Morgan fingerprint density at radius 2 is 1.64 bits per heavy atom. The summed E-state index contributed by atoms with van der Waals surface area (Å²) in [6.45, 7) is 3.71. The molecular weight excluding hydrogens is 395 g/mol. The Bertz CT molecular complexity index is 1010. The molecule has 2 aromatic carbocycles. The predicted molar refractivity (Wildman–Crippen MR) is 112 cm³/mol. The van der Waals surface area contributed by atoms with Crippen molar-refractivity contribution in [3.8, 4) is 0 Å². The number of ether oxygens (including phenoxy) is 2. The second kappa shape index (κ2) is 7.36. The standard InChI is InChI=1S/C22H22Cl2N2O2/c23-16-3-1-15(2-4-16)22(27-11-12-28-22)14-26-20-6-5-17(24)13-19(20)18-7-9-25-10-8-21(18)26/h1-6,13,25H,7-12,14H2. The van der Waals surface area contributed by atoms with Gasteiger partial charge in [-0.3, -0.25) is 0 Å². The maximum Gasteiger partial charge on any atom is 0.213 e. The lowest BCUT2D eigenvalue weighted by molar-refractivity contribution is -0.175. The Balaban J connectivity index is 1.66. The summed E-state index contributed by atoms with van der Waals surface area (Å²) in [7, 11) is 0. The number of halogens is 2. The number of hydrogen-bond donors (Lipinski definition) is 1. The van der Waals surface area contributed by atoms with E-state index in [2.05, 4.69) is 22.0 Å². The Kier molecular flexibility index (Phi) is 4.85. The van der Waals surface area contributed by atoms with Crippen molar-refractivity contribution in [2.24, 2.45) is 0 Å². The lowest BCUT2D eigenvalue weighted by Gasteiger charge is -2.30. The average molecular weight is 417 g/mol. The molecule has 1 N–H and O–H groups in total. The summed E-state index contributed by atoms with van der Waals surface area (Å²) in [5.41, 5.74) is 4.90. The normalized spacial score (nSPS) is 18.9. The first kappa shape index (κ1) is 18.5. The van der Waals surface area contributed by atoms with E-state index in [4.69, 9.17) is 32.7 Å². The summed E-state index contributed by atoms with van der Waals surface area (Å²) in [5, 5.41) is 6.21. The number of rotatable bonds is 3. The van der Waals surface area contributed by atoms with Gasteiger partial charge in [0.05, 0.1) is 19.8 Å². The van der Waals surface area contributed by atoms with Crippen LogP contribution in [0.4, 0.5) is 0 Å². The highest BCUT2D eigenvalue weighted by Gasteiger charge is 2.40. The van der Waals surface area contributed by atoms with Crippen LogP contribution in [0.2, 0.25) is 10.0 Å². The molecular formula is C22H22Cl2N2O2. The Morgan fingerprint density at radius 1 is 0.929 bits per heavy atom. The Labute approximate surface area is 174 Å². The van der Waals surface area contributed by atoms with Gasteiger partial charge in [-0.05, 0) is 48.9 Å². The minimum Gasteiger partial charge on any atom is -0.342 e. The summed E-state index contributed by atoms with van der Waals surface area (Å²) < 4.78 is 14.8. The van der Waals surface area contributed by atoms with Crippen LogP contribution < -0.4 is 5.32 Å². The third-order valence-corrected chi connectivity index (χ3v) is 6.23. The molecule has 0 atom stereocenters. The summed E-state index contributed by atoms with van der Waals surface area (Å²) >= 11 is 12.4. The molecule has 4 nitrogen and oxygen atoms in total. The summed E-state index contributed by atoms with van der Waals surface area (Å²) in [6.07, 6.45) is 1.97. The molecule has 28 heavy (non-hydrogen) atoms. The molecule has 146 valence electrons. The molecule has 3 heterocycles. The largest absolute Gasteiger partial charge is 0.342 e. The zero-order chi connectivity index (χ0) is 19.1. The van der Waals surface area contributed by atoms with Gasteiger partial charge >= 0.3 is 0 Å². The minimum absolute atomic E-state index is 0.581. The number of benzene rings is 2. The highest BCUT2D eigenvalue weighted by atomic mass is 35.5. The Morgan fingerprint density at radius 3 is 2.43 bits per heavy atom. The zero-order valence-corrected chi connectivity index (χ0v) is 17.0. The van der Waals surface area contributed by atoms with Gasteiger partial charge in [-0.25, -0.2) is 0 Å². The van der Waals surface area contributed by atoms with Crippen LogP contribution in [-0.2, 0) is 34.6 Å². The van der Waals surface area contributed by atoms with E-state index in [1.54, 1.807) is 0 Å². The van der Waals surface area contributed by atoms with E-state index in [9.17, 15) is 0 Å². The highest BCUT2D eigenvalue weighted by molar-refractivity contribution is 6.31. The first-order valence-electron chi connectivity index (χ1n) is 9.70. The second-order valence-corrected chi connectivity index (χ2v) is 8.25. The van der Waals surface area contributed by atoms with Crippen molar-refractivity contribution in [1.82, 2.24) is 9.88 Å². The molecule has 3 aromatic rings. The molecule has 1 saturated heterocycles. The van der Waals surface area contributed by atoms with Crippen molar-refractivity contribution in [2.75, 3.05) is 26.3 Å². The lowest BCUT2D eigenvalue weighted by Crippen LogP contribution is -2.33. The first-order valence-corrected chi connectivity index (χ1v) is 10.5. The number of nitrogens with zero attached hydrogens (tertiary/aromatic N) is 1. The van der Waals surface area contributed by atoms with E-state index in [0.717, 1.165) is 36.5 Å². The number of fused-ring (bicyclic) bond motifs is 3. The summed E-state index contributed by atoms with van der Waals surface area (Å²) in [4.78, 5) is 0. The fraction of sp³-hybridized carbons (Fsp3) is 0.364. The molecule has 2 aliphatic rings. The smallest absolute Gasteiger partial charge is 0.213 e. The van der Waals surface area contributed by atoms with Gasteiger partial charge < -0.3 is 19.4 Å². The highest BCUT2D eigenvalue weighted by Crippen LogP contribution is 2.38. The van der Waals surface area contributed by atoms with Crippen LogP contribution in [0.5, 0.6) is 0 Å². The van der Waals surface area contributed by atoms with Crippen LogP contribution in [0.15, 0.2) is 42.5 Å². The van der Waals surface area contributed by atoms with Gasteiger partial charge in [0.15, 0.2) is 0 Å². The van der Waals surface area contributed by atoms with Crippen LogP contribution in [0, 0.1) is 0 Å². The van der Waals surface area contributed by atoms with Crippen LogP contribution in [-0.4, -0.2) is 30.9 Å². The lowest BCUT2D eigenvalue weighted by atomic mass is 10.1.